The van der Waals surface area contributed by atoms with Crippen LogP contribution in [0.1, 0.15) is 16.7 Å². The Morgan fingerprint density at radius 3 is 2.19 bits per heavy atom. The molecule has 0 fully saturated rings. The fourth-order valence-electron chi connectivity index (χ4n) is 3.36. The molecule has 0 aliphatic heterocycles. The van der Waals surface area contributed by atoms with Gasteiger partial charge in [-0.25, -0.2) is 13.8 Å². The Kier molecular flexibility index (Phi) is 8.80. The van der Waals surface area contributed by atoms with E-state index >= 15 is 0 Å². The summed E-state index contributed by atoms with van der Waals surface area (Å²) in [7, 11) is -3.68. The fourth-order valence-corrected chi connectivity index (χ4v) is 4.20. The Hall–Kier alpha value is -4.18. The first kappa shape index (κ1) is 26.4. The second-order valence-electron chi connectivity index (χ2n) is 8.18. The molecular formula is C26H28N4O5S. The third-order valence-electron chi connectivity index (χ3n) is 4.89. The highest BCUT2D eigenvalue weighted by molar-refractivity contribution is 7.92. The second kappa shape index (κ2) is 12.0. The third kappa shape index (κ3) is 8.24. The van der Waals surface area contributed by atoms with Gasteiger partial charge in [0.15, 0.2) is 6.61 Å². The van der Waals surface area contributed by atoms with Crippen molar-refractivity contribution in [3.8, 4) is 5.75 Å². The molecule has 0 bridgehead atoms. The second-order valence-corrected chi connectivity index (χ2v) is 10.1. The van der Waals surface area contributed by atoms with Crippen LogP contribution in [0.5, 0.6) is 5.75 Å². The molecule has 0 unspecified atom stereocenters. The molecule has 3 rings (SSSR count). The maximum Gasteiger partial charge on any atom is 0.262 e. The van der Waals surface area contributed by atoms with Crippen molar-refractivity contribution in [2.24, 2.45) is 5.10 Å². The van der Waals surface area contributed by atoms with Crippen LogP contribution in [0.3, 0.4) is 0 Å². The van der Waals surface area contributed by atoms with Gasteiger partial charge in [0, 0.05) is 5.69 Å². The van der Waals surface area contributed by atoms with E-state index in [0.717, 1.165) is 21.7 Å². The van der Waals surface area contributed by atoms with Crippen LogP contribution < -0.4 is 19.8 Å². The van der Waals surface area contributed by atoms with Gasteiger partial charge in [0.05, 0.1) is 18.2 Å². The number of ether oxygens (including phenoxy) is 1. The summed E-state index contributed by atoms with van der Waals surface area (Å²) >= 11 is 0. The normalized spacial score (nSPS) is 11.2. The number of nitrogens with zero attached hydrogens (tertiary/aromatic N) is 2. The molecule has 0 aromatic heterocycles. The lowest BCUT2D eigenvalue weighted by atomic mass is 10.1. The summed E-state index contributed by atoms with van der Waals surface area (Å²) in [6.45, 7) is 3.17. The Bertz CT molecular complexity index is 1320. The molecule has 36 heavy (non-hydrogen) atoms. The number of aryl methyl sites for hydroxylation is 2. The van der Waals surface area contributed by atoms with E-state index < -0.39 is 22.5 Å². The van der Waals surface area contributed by atoms with Crippen molar-refractivity contribution in [2.45, 2.75) is 13.8 Å². The van der Waals surface area contributed by atoms with Gasteiger partial charge in [0.25, 0.3) is 11.8 Å². The number of carbonyl (C=O) groups is 2. The van der Waals surface area contributed by atoms with Crippen LogP contribution in [0, 0.1) is 13.8 Å². The first-order valence-electron chi connectivity index (χ1n) is 11.1. The molecule has 0 spiro atoms. The van der Waals surface area contributed by atoms with E-state index in [-0.39, 0.29) is 12.5 Å². The zero-order chi connectivity index (χ0) is 26.1. The average Bonchev–Trinajstić information content (AvgIpc) is 2.81. The SMILES string of the molecule is Cc1cc(C)cc(N(CC(=O)N/N=C\c2ccc(OCC(=O)Nc3ccccc3)cc2)S(C)(=O)=O)c1. The number of sulfonamides is 1. The van der Waals surface area contributed by atoms with Crippen molar-refractivity contribution < 1.29 is 22.7 Å². The minimum Gasteiger partial charge on any atom is -0.484 e. The highest BCUT2D eigenvalue weighted by atomic mass is 32.2. The summed E-state index contributed by atoms with van der Waals surface area (Å²) < 4.78 is 31.1. The molecule has 0 atom stereocenters. The molecule has 3 aromatic rings. The number of anilines is 2. The van der Waals surface area contributed by atoms with Crippen LogP contribution in [-0.2, 0) is 19.6 Å². The zero-order valence-corrected chi connectivity index (χ0v) is 21.1. The van der Waals surface area contributed by atoms with Crippen LogP contribution >= 0.6 is 0 Å². The Morgan fingerprint density at radius 2 is 1.58 bits per heavy atom. The highest BCUT2D eigenvalue weighted by Gasteiger charge is 2.21. The topological polar surface area (TPSA) is 117 Å². The number of hydrazone groups is 1. The molecule has 10 heteroatoms. The summed E-state index contributed by atoms with van der Waals surface area (Å²) in [6, 6.07) is 21.2. The number of carbonyl (C=O) groups excluding carboxylic acids is 2. The van der Waals surface area contributed by atoms with Gasteiger partial charge in [-0.1, -0.05) is 24.3 Å². The summed E-state index contributed by atoms with van der Waals surface area (Å²) in [5.74, 6) is -0.365. The summed E-state index contributed by atoms with van der Waals surface area (Å²) in [6.07, 6.45) is 2.47. The number of nitrogens with one attached hydrogen (secondary N) is 2. The summed E-state index contributed by atoms with van der Waals surface area (Å²) in [5.41, 5.74) is 5.91. The van der Waals surface area contributed by atoms with E-state index in [2.05, 4.69) is 15.8 Å². The standard InChI is InChI=1S/C26H28N4O5S/c1-19-13-20(2)15-23(14-19)30(36(3,33)34)17-25(31)29-27-16-21-9-11-24(12-10-21)35-18-26(32)28-22-7-5-4-6-8-22/h4-16H,17-18H2,1-3H3,(H,28,32)(H,29,31)/b27-16-. The number of benzene rings is 3. The van der Waals surface area contributed by atoms with Crippen molar-refractivity contribution >= 4 is 39.4 Å². The minimum absolute atomic E-state index is 0.143. The Morgan fingerprint density at radius 1 is 0.944 bits per heavy atom. The van der Waals surface area contributed by atoms with Crippen LogP contribution in [0.4, 0.5) is 11.4 Å². The molecular weight excluding hydrogens is 480 g/mol. The van der Waals surface area contributed by atoms with Crippen LogP contribution in [0.15, 0.2) is 77.9 Å². The molecule has 0 heterocycles. The van der Waals surface area contributed by atoms with Crippen LogP contribution in [0.2, 0.25) is 0 Å². The molecule has 2 amide bonds. The van der Waals surface area contributed by atoms with E-state index in [1.807, 2.05) is 38.1 Å². The van der Waals surface area contributed by atoms with E-state index in [9.17, 15) is 18.0 Å². The van der Waals surface area contributed by atoms with E-state index in [4.69, 9.17) is 4.74 Å². The average molecular weight is 509 g/mol. The molecule has 3 aromatic carbocycles. The molecule has 188 valence electrons. The zero-order valence-electron chi connectivity index (χ0n) is 20.3. The van der Waals surface area contributed by atoms with Gasteiger partial charge < -0.3 is 10.1 Å². The molecule has 2 N–H and O–H groups in total. The lowest BCUT2D eigenvalue weighted by Gasteiger charge is -2.22. The monoisotopic (exact) mass is 508 g/mol. The van der Waals surface area contributed by atoms with Gasteiger partial charge in [-0.3, -0.25) is 13.9 Å². The van der Waals surface area contributed by atoms with Gasteiger partial charge >= 0.3 is 0 Å². The van der Waals surface area contributed by atoms with Gasteiger partial charge in [-0.05, 0) is 79.1 Å². The van der Waals surface area contributed by atoms with E-state index in [1.54, 1.807) is 48.5 Å². The Balaban J connectivity index is 1.51. The van der Waals surface area contributed by atoms with Crippen molar-refractivity contribution in [1.29, 1.82) is 0 Å². The smallest absolute Gasteiger partial charge is 0.262 e. The van der Waals surface area contributed by atoms with Crippen molar-refractivity contribution in [2.75, 3.05) is 29.0 Å². The maximum atomic E-state index is 12.4. The molecule has 9 nitrogen and oxygen atoms in total. The van der Waals surface area contributed by atoms with Crippen molar-refractivity contribution in [3.05, 3.63) is 89.5 Å². The van der Waals surface area contributed by atoms with Gasteiger partial charge in [0.2, 0.25) is 10.0 Å². The quantitative estimate of drug-likeness (QED) is 0.322. The fraction of sp³-hybridized carbons (Fsp3) is 0.192. The van der Waals surface area contributed by atoms with Gasteiger partial charge in [-0.2, -0.15) is 5.10 Å². The predicted octanol–water partition coefficient (Wildman–Crippen LogP) is 3.24. The van der Waals surface area contributed by atoms with Crippen molar-refractivity contribution in [1.82, 2.24) is 5.43 Å². The van der Waals surface area contributed by atoms with E-state index in [0.29, 0.717) is 22.7 Å². The number of amides is 2. The third-order valence-corrected chi connectivity index (χ3v) is 6.03. The predicted molar refractivity (Wildman–Crippen MR) is 141 cm³/mol. The number of hydrogen-bond acceptors (Lipinski definition) is 6. The van der Waals surface area contributed by atoms with Crippen molar-refractivity contribution in [3.63, 3.8) is 0 Å². The molecule has 0 radical (unpaired) electrons. The van der Waals surface area contributed by atoms with E-state index in [1.165, 1.54) is 6.21 Å². The number of hydrogen-bond donors (Lipinski definition) is 2. The molecule has 0 saturated carbocycles. The Labute approximate surface area is 210 Å². The van der Waals surface area contributed by atoms with Gasteiger partial charge in [-0.15, -0.1) is 0 Å². The first-order chi connectivity index (χ1) is 17.1. The number of rotatable bonds is 10. The summed E-state index contributed by atoms with van der Waals surface area (Å²) in [4.78, 5) is 24.4. The first-order valence-corrected chi connectivity index (χ1v) is 12.9. The molecule has 0 saturated heterocycles. The van der Waals surface area contributed by atoms with Gasteiger partial charge in [0.1, 0.15) is 12.3 Å². The molecule has 0 aliphatic rings. The minimum atomic E-state index is -3.68. The molecule has 0 aliphatic carbocycles. The number of para-hydroxylation sites is 1. The lowest BCUT2D eigenvalue weighted by Crippen LogP contribution is -2.39. The van der Waals surface area contributed by atoms with Crippen LogP contribution in [0.25, 0.3) is 0 Å². The highest BCUT2D eigenvalue weighted by Crippen LogP contribution is 2.21. The summed E-state index contributed by atoms with van der Waals surface area (Å²) in [5, 5.41) is 6.64. The van der Waals surface area contributed by atoms with Crippen LogP contribution in [-0.4, -0.2) is 45.9 Å². The largest absolute Gasteiger partial charge is 0.484 e. The lowest BCUT2D eigenvalue weighted by molar-refractivity contribution is -0.119. The maximum absolute atomic E-state index is 12.4.